The Hall–Kier alpha value is -3.78. The molecule has 3 aromatic heterocycles. The number of aryl methyl sites for hydroxylation is 1. The molecule has 156 valence electrons. The molecule has 5 rings (SSSR count). The molecular weight excluding hydrogens is 392 g/mol. The Kier molecular flexibility index (Phi) is 5.05. The zero-order valence-corrected chi connectivity index (χ0v) is 17.1. The molecule has 0 spiro atoms. The lowest BCUT2D eigenvalue weighted by atomic mass is 10.1. The normalized spacial score (nSPS) is 16.4. The number of nitrogens with zero attached hydrogens (tertiary/aromatic N) is 4. The number of pyridine rings is 1. The topological polar surface area (TPSA) is 96.2 Å². The lowest BCUT2D eigenvalue weighted by Gasteiger charge is -2.36. The standard InChI is InChI=1S/C23H22N6O2/c1-15-4-2-5-16(12-15)27-23(30)19-13-24-9-10-29(19)22-21-18(25-14-26-22)8-7-17(28-21)20-6-3-11-31-20/h2-8,11-12,14,19,24H,9-10,13H2,1H3,(H,27,30). The third kappa shape index (κ3) is 3.85. The van der Waals surface area contributed by atoms with E-state index in [4.69, 9.17) is 9.40 Å². The van der Waals surface area contributed by atoms with Crippen LogP contribution >= 0.6 is 0 Å². The van der Waals surface area contributed by atoms with Crippen LogP contribution in [0, 0.1) is 6.92 Å². The van der Waals surface area contributed by atoms with E-state index in [9.17, 15) is 4.79 Å². The third-order valence-electron chi connectivity index (χ3n) is 5.34. The van der Waals surface area contributed by atoms with Gasteiger partial charge >= 0.3 is 0 Å². The van der Waals surface area contributed by atoms with Crippen molar-refractivity contribution in [3.8, 4) is 11.5 Å². The Morgan fingerprint density at radius 1 is 1.19 bits per heavy atom. The van der Waals surface area contributed by atoms with E-state index in [0.717, 1.165) is 23.3 Å². The molecule has 1 atom stereocenters. The van der Waals surface area contributed by atoms with Gasteiger partial charge in [0.05, 0.1) is 11.8 Å². The zero-order chi connectivity index (χ0) is 21.2. The molecule has 1 fully saturated rings. The van der Waals surface area contributed by atoms with Gasteiger partial charge in [-0.05, 0) is 48.9 Å². The molecule has 8 nitrogen and oxygen atoms in total. The van der Waals surface area contributed by atoms with E-state index in [2.05, 4.69) is 20.6 Å². The first kappa shape index (κ1) is 19.2. The highest BCUT2D eigenvalue weighted by Gasteiger charge is 2.31. The molecule has 0 bridgehead atoms. The van der Waals surface area contributed by atoms with Crippen molar-refractivity contribution in [1.82, 2.24) is 20.3 Å². The fraction of sp³-hybridized carbons (Fsp3) is 0.217. The van der Waals surface area contributed by atoms with E-state index < -0.39 is 6.04 Å². The van der Waals surface area contributed by atoms with E-state index in [1.807, 2.05) is 60.4 Å². The lowest BCUT2D eigenvalue weighted by molar-refractivity contribution is -0.117. The Morgan fingerprint density at radius 2 is 2.13 bits per heavy atom. The highest BCUT2D eigenvalue weighted by molar-refractivity contribution is 5.99. The van der Waals surface area contributed by atoms with Gasteiger partial charge in [-0.15, -0.1) is 0 Å². The number of nitrogens with one attached hydrogen (secondary N) is 2. The number of carbonyl (C=O) groups excluding carboxylic acids is 1. The Balaban J connectivity index is 1.51. The average Bonchev–Trinajstić information content (AvgIpc) is 3.33. The summed E-state index contributed by atoms with van der Waals surface area (Å²) in [4.78, 5) is 28.8. The number of furan rings is 1. The monoisotopic (exact) mass is 414 g/mol. The molecule has 8 heteroatoms. The molecule has 0 saturated carbocycles. The van der Waals surface area contributed by atoms with E-state index >= 15 is 0 Å². The number of benzene rings is 1. The van der Waals surface area contributed by atoms with Crippen molar-refractivity contribution < 1.29 is 9.21 Å². The van der Waals surface area contributed by atoms with Crippen molar-refractivity contribution >= 4 is 28.4 Å². The smallest absolute Gasteiger partial charge is 0.248 e. The number of carbonyl (C=O) groups is 1. The number of piperazine rings is 1. The minimum Gasteiger partial charge on any atom is -0.463 e. The molecule has 1 amide bonds. The number of rotatable bonds is 4. The lowest BCUT2D eigenvalue weighted by Crippen LogP contribution is -2.57. The summed E-state index contributed by atoms with van der Waals surface area (Å²) in [6.45, 7) is 3.89. The fourth-order valence-corrected chi connectivity index (χ4v) is 3.84. The zero-order valence-electron chi connectivity index (χ0n) is 17.1. The van der Waals surface area contributed by atoms with Crippen molar-refractivity contribution in [2.45, 2.75) is 13.0 Å². The van der Waals surface area contributed by atoms with Crippen LogP contribution in [-0.4, -0.2) is 46.5 Å². The van der Waals surface area contributed by atoms with Gasteiger partial charge in [0, 0.05) is 25.3 Å². The number of hydrogen-bond acceptors (Lipinski definition) is 7. The molecule has 1 aliphatic heterocycles. The fourth-order valence-electron chi connectivity index (χ4n) is 3.84. The van der Waals surface area contributed by atoms with Crippen molar-refractivity contribution in [2.24, 2.45) is 0 Å². The van der Waals surface area contributed by atoms with Gasteiger partial charge in [0.2, 0.25) is 5.91 Å². The van der Waals surface area contributed by atoms with E-state index in [1.165, 1.54) is 6.33 Å². The van der Waals surface area contributed by atoms with Crippen LogP contribution in [0.2, 0.25) is 0 Å². The van der Waals surface area contributed by atoms with Crippen molar-refractivity contribution in [3.05, 3.63) is 66.7 Å². The van der Waals surface area contributed by atoms with Gasteiger partial charge in [-0.1, -0.05) is 12.1 Å². The van der Waals surface area contributed by atoms with Crippen LogP contribution in [-0.2, 0) is 4.79 Å². The molecule has 0 radical (unpaired) electrons. The van der Waals surface area contributed by atoms with E-state index in [1.54, 1.807) is 6.26 Å². The molecule has 4 aromatic rings. The van der Waals surface area contributed by atoms with Crippen LogP contribution < -0.4 is 15.5 Å². The van der Waals surface area contributed by atoms with Gasteiger partial charge < -0.3 is 20.0 Å². The quantitative estimate of drug-likeness (QED) is 0.530. The second kappa shape index (κ2) is 8.16. The van der Waals surface area contributed by atoms with Gasteiger partial charge in [-0.25, -0.2) is 15.0 Å². The summed E-state index contributed by atoms with van der Waals surface area (Å²) in [5, 5.41) is 6.35. The minimum absolute atomic E-state index is 0.0910. The summed E-state index contributed by atoms with van der Waals surface area (Å²) in [6, 6.07) is 14.8. The van der Waals surface area contributed by atoms with Gasteiger partial charge in [0.1, 0.15) is 23.6 Å². The maximum Gasteiger partial charge on any atom is 0.248 e. The van der Waals surface area contributed by atoms with Crippen molar-refractivity contribution in [2.75, 3.05) is 29.9 Å². The summed E-state index contributed by atoms with van der Waals surface area (Å²) in [5.74, 6) is 1.22. The Bertz CT molecular complexity index is 1220. The predicted octanol–water partition coefficient (Wildman–Crippen LogP) is 3.01. The molecule has 31 heavy (non-hydrogen) atoms. The molecule has 1 unspecified atom stereocenters. The molecule has 4 heterocycles. The van der Waals surface area contributed by atoms with Gasteiger partial charge in [0.15, 0.2) is 11.6 Å². The number of fused-ring (bicyclic) bond motifs is 1. The Labute approximate surface area is 179 Å². The van der Waals surface area contributed by atoms with Gasteiger partial charge in [-0.2, -0.15) is 0 Å². The number of amides is 1. The first-order valence-corrected chi connectivity index (χ1v) is 10.2. The van der Waals surface area contributed by atoms with Gasteiger partial charge in [0.25, 0.3) is 0 Å². The number of hydrogen-bond donors (Lipinski definition) is 2. The van der Waals surface area contributed by atoms with Crippen LogP contribution in [0.4, 0.5) is 11.5 Å². The van der Waals surface area contributed by atoms with Crippen molar-refractivity contribution in [3.63, 3.8) is 0 Å². The maximum atomic E-state index is 13.2. The molecule has 2 N–H and O–H groups in total. The highest BCUT2D eigenvalue weighted by atomic mass is 16.3. The first-order chi connectivity index (χ1) is 15.2. The summed E-state index contributed by atoms with van der Waals surface area (Å²) in [6.07, 6.45) is 3.13. The summed E-state index contributed by atoms with van der Waals surface area (Å²) < 4.78 is 5.50. The van der Waals surface area contributed by atoms with Gasteiger partial charge in [-0.3, -0.25) is 4.79 Å². The molecule has 1 saturated heterocycles. The van der Waals surface area contributed by atoms with Crippen LogP contribution in [0.5, 0.6) is 0 Å². The number of anilines is 2. The van der Waals surface area contributed by atoms with E-state index in [0.29, 0.717) is 35.9 Å². The second-order valence-electron chi connectivity index (χ2n) is 7.51. The van der Waals surface area contributed by atoms with Crippen LogP contribution in [0.1, 0.15) is 5.56 Å². The van der Waals surface area contributed by atoms with Crippen LogP contribution in [0.3, 0.4) is 0 Å². The highest BCUT2D eigenvalue weighted by Crippen LogP contribution is 2.27. The van der Waals surface area contributed by atoms with Crippen LogP contribution in [0.25, 0.3) is 22.5 Å². The minimum atomic E-state index is -0.429. The Morgan fingerprint density at radius 3 is 2.97 bits per heavy atom. The summed E-state index contributed by atoms with van der Waals surface area (Å²) in [7, 11) is 0. The summed E-state index contributed by atoms with van der Waals surface area (Å²) >= 11 is 0. The first-order valence-electron chi connectivity index (χ1n) is 10.2. The van der Waals surface area contributed by atoms with Crippen molar-refractivity contribution in [1.29, 1.82) is 0 Å². The SMILES string of the molecule is Cc1cccc(NC(=O)C2CNCCN2c2ncnc3ccc(-c4ccco4)nc23)c1. The molecular formula is C23H22N6O2. The van der Waals surface area contributed by atoms with Crippen LogP contribution in [0.15, 0.2) is 65.5 Å². The maximum absolute atomic E-state index is 13.2. The summed E-state index contributed by atoms with van der Waals surface area (Å²) in [5.41, 5.74) is 3.93. The molecule has 1 aromatic carbocycles. The largest absolute Gasteiger partial charge is 0.463 e. The third-order valence-corrected chi connectivity index (χ3v) is 5.34. The predicted molar refractivity (Wildman–Crippen MR) is 119 cm³/mol. The molecule has 0 aliphatic carbocycles. The number of aromatic nitrogens is 3. The molecule has 1 aliphatic rings. The second-order valence-corrected chi connectivity index (χ2v) is 7.51. The average molecular weight is 414 g/mol. The van der Waals surface area contributed by atoms with E-state index in [-0.39, 0.29) is 5.91 Å².